The van der Waals surface area contributed by atoms with Crippen LogP contribution in [0.2, 0.25) is 0 Å². The topological polar surface area (TPSA) is 59.8 Å². The van der Waals surface area contributed by atoms with E-state index in [1.807, 2.05) is 41.3 Å². The van der Waals surface area contributed by atoms with E-state index in [1.54, 1.807) is 18.2 Å². The van der Waals surface area contributed by atoms with Gasteiger partial charge in [-0.25, -0.2) is 4.79 Å². The Bertz CT molecular complexity index is 974. The van der Waals surface area contributed by atoms with Crippen LogP contribution in [0.15, 0.2) is 69.9 Å². The zero-order valence-corrected chi connectivity index (χ0v) is 14.3. The van der Waals surface area contributed by atoms with Gasteiger partial charge in [0.25, 0.3) is 5.91 Å². The van der Waals surface area contributed by atoms with Gasteiger partial charge in [0.15, 0.2) is 0 Å². The highest BCUT2D eigenvalue weighted by atomic mass is 16.5. The number of nitrogens with zero attached hydrogens (tertiary/aromatic N) is 1. The maximum atomic E-state index is 13.0. The molecule has 1 aromatic heterocycles. The monoisotopic (exact) mass is 349 g/mol. The molecule has 0 unspecified atom stereocenters. The Kier molecular flexibility index (Phi) is 4.44. The predicted molar refractivity (Wildman–Crippen MR) is 98.1 cm³/mol. The molecule has 1 aliphatic heterocycles. The molecule has 0 bridgehead atoms. The molecule has 26 heavy (non-hydrogen) atoms. The molecular weight excluding hydrogens is 330 g/mol. The highest BCUT2D eigenvalue weighted by molar-refractivity contribution is 5.83. The molecule has 0 saturated carbocycles. The molecule has 0 N–H and O–H groups in total. The average Bonchev–Trinajstić information content (AvgIpc) is 3.21. The van der Waals surface area contributed by atoms with Gasteiger partial charge in [0.05, 0.1) is 0 Å². The lowest BCUT2D eigenvalue weighted by Gasteiger charge is -2.24. The fraction of sp³-hybridized carbons (Fsp3) is 0.238. The van der Waals surface area contributed by atoms with E-state index >= 15 is 0 Å². The summed E-state index contributed by atoms with van der Waals surface area (Å²) in [4.78, 5) is 26.3. The van der Waals surface area contributed by atoms with Gasteiger partial charge in [0.1, 0.15) is 11.3 Å². The van der Waals surface area contributed by atoms with Crippen LogP contribution in [0.5, 0.6) is 5.75 Å². The Morgan fingerprint density at radius 3 is 2.50 bits per heavy atom. The zero-order valence-electron chi connectivity index (χ0n) is 14.3. The van der Waals surface area contributed by atoms with Crippen LogP contribution in [0.3, 0.4) is 0 Å². The molecule has 1 amide bonds. The van der Waals surface area contributed by atoms with Gasteiger partial charge in [-0.3, -0.25) is 4.79 Å². The molecule has 2 aromatic carbocycles. The molecule has 1 atom stereocenters. The van der Waals surface area contributed by atoms with Crippen molar-refractivity contribution in [3.05, 3.63) is 76.6 Å². The van der Waals surface area contributed by atoms with Crippen molar-refractivity contribution in [1.82, 2.24) is 4.90 Å². The Morgan fingerprint density at radius 1 is 1.00 bits per heavy atom. The van der Waals surface area contributed by atoms with Crippen LogP contribution >= 0.6 is 0 Å². The van der Waals surface area contributed by atoms with Crippen molar-refractivity contribution in [2.45, 2.75) is 18.9 Å². The van der Waals surface area contributed by atoms with Gasteiger partial charge in [-0.05, 0) is 31.0 Å². The minimum Gasteiger partial charge on any atom is -0.476 e. The highest BCUT2D eigenvalue weighted by Crippen LogP contribution is 2.27. The first-order valence-electron chi connectivity index (χ1n) is 8.75. The maximum Gasteiger partial charge on any atom is 0.336 e. The summed E-state index contributed by atoms with van der Waals surface area (Å²) in [6, 6.07) is 17.8. The summed E-state index contributed by atoms with van der Waals surface area (Å²) in [5.74, 6) is 0.455. The first kappa shape index (κ1) is 16.4. The normalized spacial score (nSPS) is 15.2. The van der Waals surface area contributed by atoms with E-state index in [0.717, 1.165) is 36.9 Å². The van der Waals surface area contributed by atoms with Crippen molar-refractivity contribution in [2.75, 3.05) is 13.1 Å². The lowest BCUT2D eigenvalue weighted by molar-refractivity contribution is -0.137. The van der Waals surface area contributed by atoms with E-state index in [2.05, 4.69) is 0 Å². The molecule has 2 heterocycles. The lowest BCUT2D eigenvalue weighted by Crippen LogP contribution is -2.35. The summed E-state index contributed by atoms with van der Waals surface area (Å²) in [5.41, 5.74) is 0.830. The van der Waals surface area contributed by atoms with E-state index in [9.17, 15) is 9.59 Å². The summed E-state index contributed by atoms with van der Waals surface area (Å²) in [5, 5.41) is 0.805. The van der Waals surface area contributed by atoms with Crippen LogP contribution in [-0.2, 0) is 4.79 Å². The summed E-state index contributed by atoms with van der Waals surface area (Å²) in [7, 11) is 0. The number of carbonyl (C=O) groups is 1. The van der Waals surface area contributed by atoms with E-state index in [-0.39, 0.29) is 5.91 Å². The first-order valence-corrected chi connectivity index (χ1v) is 8.75. The lowest BCUT2D eigenvalue weighted by atomic mass is 10.1. The molecule has 0 spiro atoms. The summed E-state index contributed by atoms with van der Waals surface area (Å²) < 4.78 is 11.3. The molecule has 132 valence electrons. The van der Waals surface area contributed by atoms with Gasteiger partial charge in [0.2, 0.25) is 6.10 Å². The second-order valence-electron chi connectivity index (χ2n) is 6.40. The number of ether oxygens (including phenoxy) is 1. The third-order valence-corrected chi connectivity index (χ3v) is 4.59. The molecular formula is C21H19NO4. The number of rotatable bonds is 4. The fourth-order valence-electron chi connectivity index (χ4n) is 3.24. The minimum atomic E-state index is -0.720. The predicted octanol–water partition coefficient (Wildman–Crippen LogP) is 3.54. The standard InChI is InChI=1S/C21H19NO4/c23-19-11-9-15-8-10-17(14-18(15)26-19)25-20(16-6-2-1-3-7-16)21(24)22-12-4-5-13-22/h1-3,6-11,14,20H,4-5,12-13H2/t20-/m1/s1. The van der Waals surface area contributed by atoms with Gasteiger partial charge >= 0.3 is 5.63 Å². The van der Waals surface area contributed by atoms with Crippen molar-refractivity contribution >= 4 is 16.9 Å². The van der Waals surface area contributed by atoms with Gasteiger partial charge in [-0.1, -0.05) is 30.3 Å². The molecule has 0 radical (unpaired) electrons. The van der Waals surface area contributed by atoms with Crippen LogP contribution in [-0.4, -0.2) is 23.9 Å². The van der Waals surface area contributed by atoms with Crippen LogP contribution in [0.1, 0.15) is 24.5 Å². The Morgan fingerprint density at radius 2 is 1.73 bits per heavy atom. The van der Waals surface area contributed by atoms with E-state index in [1.165, 1.54) is 6.07 Å². The van der Waals surface area contributed by atoms with Gasteiger partial charge in [-0.15, -0.1) is 0 Å². The second kappa shape index (κ2) is 7.04. The van der Waals surface area contributed by atoms with Crippen molar-refractivity contribution in [3.63, 3.8) is 0 Å². The number of fused-ring (bicyclic) bond motifs is 1. The number of amides is 1. The molecule has 1 fully saturated rings. The van der Waals surface area contributed by atoms with Crippen LogP contribution in [0.25, 0.3) is 11.0 Å². The molecule has 1 saturated heterocycles. The number of carbonyl (C=O) groups excluding carboxylic acids is 1. The number of hydrogen-bond donors (Lipinski definition) is 0. The van der Waals surface area contributed by atoms with Gasteiger partial charge in [0, 0.05) is 36.2 Å². The fourth-order valence-corrected chi connectivity index (χ4v) is 3.24. The van der Waals surface area contributed by atoms with Crippen molar-refractivity contribution in [2.24, 2.45) is 0 Å². The molecule has 5 nitrogen and oxygen atoms in total. The zero-order chi connectivity index (χ0) is 17.9. The second-order valence-corrected chi connectivity index (χ2v) is 6.40. The number of hydrogen-bond acceptors (Lipinski definition) is 4. The van der Waals surface area contributed by atoms with E-state index in [4.69, 9.17) is 9.15 Å². The molecule has 4 rings (SSSR count). The summed E-state index contributed by atoms with van der Waals surface area (Å²) >= 11 is 0. The first-order chi connectivity index (χ1) is 12.7. The molecule has 0 aliphatic carbocycles. The summed E-state index contributed by atoms with van der Waals surface area (Å²) in [6.07, 6.45) is 1.32. The number of benzene rings is 2. The van der Waals surface area contributed by atoms with Crippen molar-refractivity contribution in [3.8, 4) is 5.75 Å². The third kappa shape index (κ3) is 3.33. The smallest absolute Gasteiger partial charge is 0.336 e. The minimum absolute atomic E-state index is 0.0386. The molecule has 3 aromatic rings. The molecule has 1 aliphatic rings. The van der Waals surface area contributed by atoms with Crippen molar-refractivity contribution in [1.29, 1.82) is 0 Å². The van der Waals surface area contributed by atoms with E-state index < -0.39 is 11.7 Å². The van der Waals surface area contributed by atoms with Crippen LogP contribution in [0.4, 0.5) is 0 Å². The van der Waals surface area contributed by atoms with Gasteiger partial charge in [-0.2, -0.15) is 0 Å². The maximum absolute atomic E-state index is 13.0. The summed E-state index contributed by atoms with van der Waals surface area (Å²) in [6.45, 7) is 1.52. The SMILES string of the molecule is O=C([C@H](Oc1ccc2ccc(=O)oc2c1)c1ccccc1)N1CCCC1. The highest BCUT2D eigenvalue weighted by Gasteiger charge is 2.29. The number of likely N-dealkylation sites (tertiary alicyclic amines) is 1. The van der Waals surface area contributed by atoms with E-state index in [0.29, 0.717) is 11.3 Å². The average molecular weight is 349 g/mol. The Hall–Kier alpha value is -3.08. The van der Waals surface area contributed by atoms with Crippen molar-refractivity contribution < 1.29 is 13.9 Å². The van der Waals surface area contributed by atoms with Crippen LogP contribution < -0.4 is 10.4 Å². The Balaban J connectivity index is 1.68. The quantitative estimate of drug-likeness (QED) is 0.676. The molecule has 5 heteroatoms. The largest absolute Gasteiger partial charge is 0.476 e. The Labute approximate surface area is 150 Å². The third-order valence-electron chi connectivity index (χ3n) is 4.59. The van der Waals surface area contributed by atoms with Crippen LogP contribution in [0, 0.1) is 0 Å². The van der Waals surface area contributed by atoms with Gasteiger partial charge < -0.3 is 14.1 Å².